The fraction of sp³-hybridized carbons (Fsp3) is 0.625. The number of hydrogen-bond donors (Lipinski definition) is 1. The highest BCUT2D eigenvalue weighted by Gasteiger charge is 2.43. The van der Waals surface area contributed by atoms with Gasteiger partial charge in [0.25, 0.3) is 0 Å². The molecule has 0 saturated heterocycles. The van der Waals surface area contributed by atoms with Crippen LogP contribution in [-0.4, -0.2) is 31.4 Å². The van der Waals surface area contributed by atoms with E-state index in [0.717, 1.165) is 37.3 Å². The molecule has 0 amide bonds. The van der Waals surface area contributed by atoms with Crippen LogP contribution in [0.2, 0.25) is 5.02 Å². The maximum Gasteiger partial charge on any atom is 0.138 e. The molecule has 112 valence electrons. The van der Waals surface area contributed by atoms with Gasteiger partial charge in [0.1, 0.15) is 18.0 Å². The molecule has 0 bridgehead atoms. The zero-order valence-electron chi connectivity index (χ0n) is 12.5. The van der Waals surface area contributed by atoms with Crippen molar-refractivity contribution in [1.82, 2.24) is 5.32 Å². The molecule has 3 nitrogen and oxygen atoms in total. The average Bonchev–Trinajstić information content (AvgIpc) is 2.40. The van der Waals surface area contributed by atoms with Gasteiger partial charge >= 0.3 is 0 Å². The highest BCUT2D eigenvalue weighted by atomic mass is 35.5. The second-order valence-corrected chi connectivity index (χ2v) is 5.73. The van der Waals surface area contributed by atoms with Crippen molar-refractivity contribution in [3.8, 4) is 5.75 Å². The minimum atomic E-state index is 0.0887. The van der Waals surface area contributed by atoms with Gasteiger partial charge in [-0.3, -0.25) is 0 Å². The monoisotopic (exact) mass is 297 g/mol. The molecule has 1 aromatic carbocycles. The summed E-state index contributed by atoms with van der Waals surface area (Å²) in [5.74, 6) is 0.752. The van der Waals surface area contributed by atoms with Gasteiger partial charge in [-0.05, 0) is 37.6 Å². The predicted octanol–water partition coefficient (Wildman–Crippen LogP) is 3.57. The Morgan fingerprint density at radius 1 is 1.35 bits per heavy atom. The average molecular weight is 298 g/mol. The first-order valence-corrected chi connectivity index (χ1v) is 7.81. The summed E-state index contributed by atoms with van der Waals surface area (Å²) in [5, 5.41) is 4.11. The van der Waals surface area contributed by atoms with Gasteiger partial charge < -0.3 is 14.8 Å². The number of hydrogen-bond acceptors (Lipinski definition) is 3. The van der Waals surface area contributed by atoms with Crippen molar-refractivity contribution in [3.05, 3.63) is 28.8 Å². The number of halogens is 1. The summed E-state index contributed by atoms with van der Waals surface area (Å²) in [6, 6.07) is 6.28. The van der Waals surface area contributed by atoms with E-state index in [1.54, 1.807) is 0 Å². The van der Waals surface area contributed by atoms with Crippen LogP contribution in [0.15, 0.2) is 18.2 Å². The smallest absolute Gasteiger partial charge is 0.138 e. The van der Waals surface area contributed by atoms with Gasteiger partial charge in [-0.1, -0.05) is 31.5 Å². The van der Waals surface area contributed by atoms with Gasteiger partial charge in [0.2, 0.25) is 0 Å². The number of rotatable bonds is 7. The summed E-state index contributed by atoms with van der Waals surface area (Å²) in [5.41, 5.74) is 1.14. The molecule has 3 atom stereocenters. The number of benzene rings is 1. The van der Waals surface area contributed by atoms with E-state index < -0.39 is 0 Å². The predicted molar refractivity (Wildman–Crippen MR) is 82.7 cm³/mol. The van der Waals surface area contributed by atoms with Crippen LogP contribution in [0.5, 0.6) is 5.75 Å². The summed E-state index contributed by atoms with van der Waals surface area (Å²) in [7, 11) is 0. The lowest BCUT2D eigenvalue weighted by molar-refractivity contribution is -0.107. The zero-order chi connectivity index (χ0) is 14.5. The minimum Gasteiger partial charge on any atom is -0.486 e. The van der Waals surface area contributed by atoms with Crippen molar-refractivity contribution in [2.75, 3.05) is 13.2 Å². The SMILES string of the molecule is CCCOC1C(NCC)CC1Oc1ccc(C)cc1Cl. The highest BCUT2D eigenvalue weighted by molar-refractivity contribution is 6.32. The zero-order valence-corrected chi connectivity index (χ0v) is 13.2. The molecule has 0 aromatic heterocycles. The van der Waals surface area contributed by atoms with Crippen molar-refractivity contribution in [2.45, 2.75) is 51.9 Å². The molecule has 3 unspecified atom stereocenters. The standard InChI is InChI=1S/C16H24ClNO2/c1-4-8-19-16-13(18-5-2)10-15(16)20-14-7-6-11(3)9-12(14)17/h6-7,9,13,15-16,18H,4-5,8,10H2,1-3H3. The molecule has 4 heteroatoms. The minimum absolute atomic E-state index is 0.0887. The van der Waals surface area contributed by atoms with E-state index in [1.165, 1.54) is 0 Å². The normalized spacial score (nSPS) is 25.3. The van der Waals surface area contributed by atoms with E-state index in [9.17, 15) is 0 Å². The second kappa shape index (κ2) is 7.30. The van der Waals surface area contributed by atoms with E-state index in [-0.39, 0.29) is 12.2 Å². The van der Waals surface area contributed by atoms with Crippen LogP contribution in [-0.2, 0) is 4.74 Å². The van der Waals surface area contributed by atoms with Gasteiger partial charge in [-0.15, -0.1) is 0 Å². The largest absolute Gasteiger partial charge is 0.486 e. The molecule has 1 aliphatic rings. The third-order valence-corrected chi connectivity index (χ3v) is 3.89. The van der Waals surface area contributed by atoms with Crippen molar-refractivity contribution < 1.29 is 9.47 Å². The van der Waals surface area contributed by atoms with Gasteiger partial charge in [-0.2, -0.15) is 0 Å². The summed E-state index contributed by atoms with van der Waals surface area (Å²) in [6.45, 7) is 7.98. The molecule has 0 heterocycles. The number of aryl methyl sites for hydroxylation is 1. The van der Waals surface area contributed by atoms with Gasteiger partial charge in [-0.25, -0.2) is 0 Å². The number of likely N-dealkylation sites (N-methyl/N-ethyl adjacent to an activating group) is 1. The van der Waals surface area contributed by atoms with Crippen LogP contribution in [0.4, 0.5) is 0 Å². The Morgan fingerprint density at radius 3 is 2.80 bits per heavy atom. The molecule has 0 spiro atoms. The molecule has 1 fully saturated rings. The van der Waals surface area contributed by atoms with E-state index in [4.69, 9.17) is 21.1 Å². The maximum absolute atomic E-state index is 6.22. The Morgan fingerprint density at radius 2 is 2.15 bits per heavy atom. The van der Waals surface area contributed by atoms with Crippen LogP contribution >= 0.6 is 11.6 Å². The molecule has 1 aromatic rings. The lowest BCUT2D eigenvalue weighted by atomic mass is 9.85. The Hall–Kier alpha value is -0.770. The second-order valence-electron chi connectivity index (χ2n) is 5.33. The first-order valence-electron chi connectivity index (χ1n) is 7.43. The third-order valence-electron chi connectivity index (χ3n) is 3.60. The summed E-state index contributed by atoms with van der Waals surface area (Å²) in [4.78, 5) is 0. The Balaban J connectivity index is 1.97. The van der Waals surface area contributed by atoms with Crippen LogP contribution in [0.25, 0.3) is 0 Å². The molecule has 1 aliphatic carbocycles. The first-order chi connectivity index (χ1) is 9.65. The van der Waals surface area contributed by atoms with Crippen LogP contribution < -0.4 is 10.1 Å². The quantitative estimate of drug-likeness (QED) is 0.834. The van der Waals surface area contributed by atoms with Crippen molar-refractivity contribution >= 4 is 11.6 Å². The van der Waals surface area contributed by atoms with Gasteiger partial charge in [0.05, 0.1) is 5.02 Å². The first kappa shape index (κ1) is 15.6. The lowest BCUT2D eigenvalue weighted by Gasteiger charge is -2.44. The summed E-state index contributed by atoms with van der Waals surface area (Å²) < 4.78 is 11.9. The van der Waals surface area contributed by atoms with Crippen molar-refractivity contribution in [2.24, 2.45) is 0 Å². The molecule has 2 rings (SSSR count). The Labute approximate surface area is 126 Å². The molecule has 1 saturated carbocycles. The molecular formula is C16H24ClNO2. The summed E-state index contributed by atoms with van der Waals surface area (Å²) in [6.07, 6.45) is 2.19. The molecule has 20 heavy (non-hydrogen) atoms. The van der Waals surface area contributed by atoms with E-state index in [2.05, 4.69) is 19.2 Å². The molecular weight excluding hydrogens is 274 g/mol. The van der Waals surface area contributed by atoms with E-state index in [1.807, 2.05) is 25.1 Å². The topological polar surface area (TPSA) is 30.5 Å². The fourth-order valence-corrected chi connectivity index (χ4v) is 2.78. The van der Waals surface area contributed by atoms with E-state index >= 15 is 0 Å². The lowest BCUT2D eigenvalue weighted by Crippen LogP contribution is -2.61. The Bertz CT molecular complexity index is 438. The van der Waals surface area contributed by atoms with Crippen molar-refractivity contribution in [1.29, 1.82) is 0 Å². The van der Waals surface area contributed by atoms with Crippen LogP contribution in [0.1, 0.15) is 32.3 Å². The van der Waals surface area contributed by atoms with Gasteiger partial charge in [0.15, 0.2) is 0 Å². The van der Waals surface area contributed by atoms with Crippen molar-refractivity contribution in [3.63, 3.8) is 0 Å². The molecule has 1 N–H and O–H groups in total. The third kappa shape index (κ3) is 3.66. The van der Waals surface area contributed by atoms with E-state index in [0.29, 0.717) is 11.1 Å². The maximum atomic E-state index is 6.22. The number of nitrogens with one attached hydrogen (secondary N) is 1. The van der Waals surface area contributed by atoms with Crippen LogP contribution in [0.3, 0.4) is 0 Å². The van der Waals surface area contributed by atoms with Crippen LogP contribution in [0, 0.1) is 6.92 Å². The Kier molecular flexibility index (Phi) is 5.70. The van der Waals surface area contributed by atoms with Gasteiger partial charge in [0, 0.05) is 19.1 Å². The summed E-state index contributed by atoms with van der Waals surface area (Å²) >= 11 is 6.22. The molecule has 0 radical (unpaired) electrons. The fourth-order valence-electron chi connectivity index (χ4n) is 2.50. The highest BCUT2D eigenvalue weighted by Crippen LogP contribution is 2.33. The number of ether oxygens (including phenoxy) is 2. The molecule has 0 aliphatic heterocycles.